The Morgan fingerprint density at radius 2 is 0.464 bits per heavy atom. The van der Waals surface area contributed by atoms with Crippen LogP contribution in [0.3, 0.4) is 0 Å². The van der Waals surface area contributed by atoms with Crippen LogP contribution in [0.25, 0.3) is 0 Å². The van der Waals surface area contributed by atoms with Crippen molar-refractivity contribution < 1.29 is 93.3 Å². The number of alkyl halides is 4. The molecule has 0 bridgehead atoms. The Morgan fingerprint density at radius 1 is 0.393 bits per heavy atom. The second-order valence-corrected chi connectivity index (χ2v) is 7.79. The predicted molar refractivity (Wildman–Crippen MR) is 71.9 cm³/mol. The molecule has 28 heavy (non-hydrogen) atoms. The summed E-state index contributed by atoms with van der Waals surface area (Å²) in [6.07, 6.45) is 0. The van der Waals surface area contributed by atoms with Gasteiger partial charge in [-0.05, 0) is 33.6 Å². The molecule has 0 spiro atoms. The van der Waals surface area contributed by atoms with Crippen LogP contribution in [0.5, 0.6) is 0 Å². The van der Waals surface area contributed by atoms with Gasteiger partial charge in [-0.1, -0.05) is 0 Å². The second kappa shape index (κ2) is 31.9. The van der Waals surface area contributed by atoms with E-state index in [1.807, 2.05) is 0 Å². The van der Waals surface area contributed by atoms with E-state index in [4.69, 9.17) is 47.3 Å². The van der Waals surface area contributed by atoms with Crippen molar-refractivity contribution >= 4 is 34.2 Å². The summed E-state index contributed by atoms with van der Waals surface area (Å²) < 4.78 is 133. The number of hydrogen-bond acceptors (Lipinski definition) is 4. The first kappa shape index (κ1) is 51.1. The van der Waals surface area contributed by atoms with Crippen LogP contribution in [0, 0.1) is 47.3 Å². The first-order valence-corrected chi connectivity index (χ1v) is 9.19. The van der Waals surface area contributed by atoms with Crippen LogP contribution in [0.4, 0.5) is 51.1 Å². The van der Waals surface area contributed by atoms with Crippen molar-refractivity contribution in [3.63, 3.8) is 0 Å². The van der Waals surface area contributed by atoms with Gasteiger partial charge in [0.2, 0.25) is 0 Å². The molecule has 0 rings (SSSR count). The van der Waals surface area contributed by atoms with Crippen LogP contribution >= 0.6 is 34.2 Å². The summed E-state index contributed by atoms with van der Waals surface area (Å²) >= 11 is 0. The van der Waals surface area contributed by atoms with E-state index in [-0.39, 0.29) is 42.1 Å². The molecule has 0 heterocycles. The van der Waals surface area contributed by atoms with E-state index in [2.05, 4.69) is 0 Å². The van der Waals surface area contributed by atoms with Crippen molar-refractivity contribution in [2.75, 3.05) is 0 Å². The molecular weight excluding hydrogens is 870 g/mol. The van der Waals surface area contributed by atoms with Crippen molar-refractivity contribution in [1.82, 2.24) is 0 Å². The standard InChI is InChI=1S/2CF6P2.4CN.2Pt/c2*2-1(3,8(4)5)9(6)7;4*1-2;;/q;;4*-1;;/p+4. The largest absolute Gasteiger partial charge is 0.584 e. The molecule has 0 atom stereocenters. The molecule has 0 radical (unpaired) electrons. The molecule has 0 amide bonds. The van der Waals surface area contributed by atoms with Crippen molar-refractivity contribution in [1.29, 1.82) is 21.0 Å². The van der Waals surface area contributed by atoms with Crippen LogP contribution in [-0.2, 0) is 42.1 Å². The third kappa shape index (κ3) is 28.4. The van der Waals surface area contributed by atoms with Gasteiger partial charge in [0.1, 0.15) is 0 Å². The van der Waals surface area contributed by atoms with Gasteiger partial charge in [0, 0.05) is 42.1 Å². The smallest absolute Gasteiger partial charge is 0.512 e. The normalized spacial score (nSPS) is 8.86. The molecule has 22 heteroatoms. The molecule has 0 saturated carbocycles. The monoisotopic (exact) mass is 874 g/mol. The minimum atomic E-state index is -5.15. The van der Waals surface area contributed by atoms with E-state index in [1.165, 1.54) is 0 Å². The predicted octanol–water partition coefficient (Wildman–Crippen LogP) is 7.39. The molecular formula is C6H4F12N4P4Pt2. The van der Waals surface area contributed by atoms with Gasteiger partial charge < -0.3 is 47.3 Å². The van der Waals surface area contributed by atoms with Crippen molar-refractivity contribution in [2.24, 2.45) is 0 Å². The SMILES string of the molecule is F[PH+](F)C(F)(F)[PH+](F)F.F[PH+](F)C(F)(F)[PH+](F)F.[C-]#N.[C-]#N.[C-]#N.[C-]#N.[Pt].[Pt]. The summed E-state index contributed by atoms with van der Waals surface area (Å²) in [5.41, 5.74) is 0. The quantitative estimate of drug-likeness (QED) is 0.168. The molecule has 172 valence electrons. The van der Waals surface area contributed by atoms with Gasteiger partial charge in [0.15, 0.2) is 0 Å². The summed E-state index contributed by atoms with van der Waals surface area (Å²) in [5, 5.41) is 15.1. The zero-order valence-electron chi connectivity index (χ0n) is 12.0. The molecule has 0 fully saturated rings. The molecule has 0 aliphatic carbocycles. The Labute approximate surface area is 185 Å². The molecule has 0 saturated heterocycles. The van der Waals surface area contributed by atoms with E-state index in [0.717, 1.165) is 0 Å². The van der Waals surface area contributed by atoms with E-state index in [9.17, 15) is 51.1 Å². The molecule has 0 aromatic rings. The van der Waals surface area contributed by atoms with Crippen molar-refractivity contribution in [3.05, 3.63) is 26.3 Å². The van der Waals surface area contributed by atoms with Crippen LogP contribution in [0.15, 0.2) is 0 Å². The van der Waals surface area contributed by atoms with E-state index < -0.39 is 45.0 Å². The zero-order chi connectivity index (χ0) is 23.3. The Kier molecular flexibility index (Phi) is 58.3. The van der Waals surface area contributed by atoms with Crippen LogP contribution in [-0.4, -0.2) is 10.8 Å². The van der Waals surface area contributed by atoms with E-state index >= 15 is 0 Å². The molecule has 0 aliphatic heterocycles. The molecule has 4 nitrogen and oxygen atoms in total. The topological polar surface area (TPSA) is 95.2 Å². The summed E-state index contributed by atoms with van der Waals surface area (Å²) in [4.78, 5) is 0. The average Bonchev–Trinajstić information content (AvgIpc) is 2.62. The zero-order valence-corrected chi connectivity index (χ0v) is 20.5. The first-order chi connectivity index (χ1) is 11.8. The van der Waals surface area contributed by atoms with Gasteiger partial charge >= 0.3 is 45.0 Å². The fourth-order valence-electron chi connectivity index (χ4n) is 0.143. The maximum absolute atomic E-state index is 11.3. The number of rotatable bonds is 4. The van der Waals surface area contributed by atoms with Gasteiger partial charge in [-0.3, -0.25) is 0 Å². The van der Waals surface area contributed by atoms with Crippen LogP contribution in [0.1, 0.15) is 0 Å². The third-order valence-corrected chi connectivity index (χ3v) is 5.12. The Bertz CT molecular complexity index is 327. The van der Waals surface area contributed by atoms with Gasteiger partial charge in [0.05, 0.1) is 0 Å². The van der Waals surface area contributed by atoms with Gasteiger partial charge in [-0.25, -0.2) is 0 Å². The van der Waals surface area contributed by atoms with Crippen LogP contribution in [0.2, 0.25) is 0 Å². The van der Waals surface area contributed by atoms with Gasteiger partial charge in [-0.2, -0.15) is 0 Å². The Morgan fingerprint density at radius 3 is 0.464 bits per heavy atom. The summed E-state index contributed by atoms with van der Waals surface area (Å²) in [7, 11) is -20.6. The van der Waals surface area contributed by atoms with Crippen molar-refractivity contribution in [2.45, 2.75) is 10.8 Å². The minimum absolute atomic E-state index is 0. The molecule has 0 aliphatic rings. The Hall–Kier alpha value is 0.217. The maximum Gasteiger partial charge on any atom is 0.584 e. The molecule has 0 aromatic heterocycles. The third-order valence-electron chi connectivity index (χ3n) is 0.949. The summed E-state index contributed by atoms with van der Waals surface area (Å²) in [6, 6.07) is 0. The molecule has 0 unspecified atom stereocenters. The maximum atomic E-state index is 11.3. The summed E-state index contributed by atoms with van der Waals surface area (Å²) in [6.45, 7) is 19.0. The van der Waals surface area contributed by atoms with E-state index in [1.54, 1.807) is 0 Å². The summed E-state index contributed by atoms with van der Waals surface area (Å²) in [5.74, 6) is 0. The van der Waals surface area contributed by atoms with E-state index in [0.29, 0.717) is 0 Å². The van der Waals surface area contributed by atoms with Crippen LogP contribution < -0.4 is 0 Å². The molecule has 0 N–H and O–H groups in total. The first-order valence-electron chi connectivity index (χ1n) is 4.16. The Balaban J connectivity index is -0.0000000332. The fourth-order valence-corrected chi connectivity index (χ4v) is 1.29. The number of halogens is 12. The van der Waals surface area contributed by atoms with Gasteiger partial charge in [0.25, 0.3) is 0 Å². The number of hydrogen-bond donors (Lipinski definition) is 0. The average molecular weight is 874 g/mol. The molecule has 0 aromatic carbocycles. The minimum Gasteiger partial charge on any atom is -0.512 e. The van der Waals surface area contributed by atoms with Crippen molar-refractivity contribution in [3.8, 4) is 0 Å². The van der Waals surface area contributed by atoms with Gasteiger partial charge in [-0.15, -0.1) is 17.6 Å². The fraction of sp³-hybridized carbons (Fsp3) is 0.333. The second-order valence-electron chi connectivity index (χ2n) is 2.19. The number of nitrogens with zero attached hydrogens (tertiary/aromatic N) is 4.